The molecule has 2 saturated heterocycles. The highest BCUT2D eigenvalue weighted by atomic mass is 16.5. The smallest absolute Gasteiger partial charge is 0.101 e. The van der Waals surface area contributed by atoms with Crippen LogP contribution in [-0.4, -0.2) is 53.8 Å². The summed E-state index contributed by atoms with van der Waals surface area (Å²) >= 11 is 0. The number of hydrogen-bond donors (Lipinski definition) is 0. The van der Waals surface area contributed by atoms with E-state index < -0.39 is 0 Å². The Balaban J connectivity index is 1.61. The summed E-state index contributed by atoms with van der Waals surface area (Å²) in [7, 11) is 0. The van der Waals surface area contributed by atoms with E-state index in [2.05, 4.69) is 53.8 Å². The SMILES string of the molecule is C[C@@H]1CN(c2ccc(C#N)c3ncccc23)C[C@H](CN2CCCC2(C)C)O1. The van der Waals surface area contributed by atoms with Crippen molar-refractivity contribution in [2.75, 3.05) is 31.1 Å². The van der Waals surface area contributed by atoms with Gasteiger partial charge in [0, 0.05) is 42.4 Å². The molecule has 2 aromatic rings. The number of anilines is 1. The molecule has 5 nitrogen and oxygen atoms in total. The van der Waals surface area contributed by atoms with Gasteiger partial charge < -0.3 is 9.64 Å². The number of likely N-dealkylation sites (tertiary alicyclic amines) is 1. The summed E-state index contributed by atoms with van der Waals surface area (Å²) in [6.07, 6.45) is 4.65. The number of benzene rings is 1. The number of hydrogen-bond acceptors (Lipinski definition) is 5. The minimum atomic E-state index is 0.178. The van der Waals surface area contributed by atoms with E-state index >= 15 is 0 Å². The van der Waals surface area contributed by atoms with Crippen LogP contribution in [0.2, 0.25) is 0 Å². The molecule has 4 rings (SSSR count). The Bertz CT molecular complexity index is 872. The molecule has 0 saturated carbocycles. The van der Waals surface area contributed by atoms with Crippen LogP contribution in [0.5, 0.6) is 0 Å². The van der Waals surface area contributed by atoms with Crippen LogP contribution in [0.1, 0.15) is 39.2 Å². The lowest BCUT2D eigenvalue weighted by molar-refractivity contribution is -0.0401. The first-order valence-corrected chi connectivity index (χ1v) is 9.91. The minimum Gasteiger partial charge on any atom is -0.370 e. The summed E-state index contributed by atoms with van der Waals surface area (Å²) in [5.41, 5.74) is 2.83. The van der Waals surface area contributed by atoms with E-state index in [1.165, 1.54) is 12.8 Å². The second-order valence-electron chi connectivity index (χ2n) is 8.48. The van der Waals surface area contributed by atoms with Crippen LogP contribution in [0.25, 0.3) is 10.9 Å². The van der Waals surface area contributed by atoms with Crippen LogP contribution >= 0.6 is 0 Å². The molecular formula is C22H28N4O. The van der Waals surface area contributed by atoms with Crippen molar-refractivity contribution in [1.82, 2.24) is 9.88 Å². The minimum absolute atomic E-state index is 0.178. The van der Waals surface area contributed by atoms with Crippen LogP contribution in [0, 0.1) is 11.3 Å². The number of nitrogens with zero attached hydrogens (tertiary/aromatic N) is 4. The quantitative estimate of drug-likeness (QED) is 0.833. The highest BCUT2D eigenvalue weighted by Gasteiger charge is 2.35. The molecule has 27 heavy (non-hydrogen) atoms. The van der Waals surface area contributed by atoms with Gasteiger partial charge in [-0.15, -0.1) is 0 Å². The topological polar surface area (TPSA) is 52.4 Å². The van der Waals surface area contributed by atoms with E-state index in [1.54, 1.807) is 6.20 Å². The fourth-order valence-electron chi connectivity index (χ4n) is 4.61. The van der Waals surface area contributed by atoms with Crippen LogP contribution in [-0.2, 0) is 4.74 Å². The summed E-state index contributed by atoms with van der Waals surface area (Å²) in [5, 5.41) is 10.4. The van der Waals surface area contributed by atoms with Gasteiger partial charge in [0.1, 0.15) is 6.07 Å². The zero-order valence-electron chi connectivity index (χ0n) is 16.5. The average molecular weight is 364 g/mol. The molecule has 1 aromatic heterocycles. The van der Waals surface area contributed by atoms with E-state index in [0.717, 1.165) is 42.8 Å². The van der Waals surface area contributed by atoms with Crippen molar-refractivity contribution in [3.63, 3.8) is 0 Å². The van der Waals surface area contributed by atoms with Gasteiger partial charge >= 0.3 is 0 Å². The molecule has 1 aromatic carbocycles. The molecule has 5 heteroatoms. The summed E-state index contributed by atoms with van der Waals surface area (Å²) in [4.78, 5) is 9.44. The van der Waals surface area contributed by atoms with Crippen LogP contribution < -0.4 is 4.90 Å². The van der Waals surface area contributed by atoms with E-state index in [1.807, 2.05) is 12.1 Å². The first-order valence-electron chi connectivity index (χ1n) is 9.91. The highest BCUT2D eigenvalue weighted by Crippen LogP contribution is 2.32. The van der Waals surface area contributed by atoms with Crippen molar-refractivity contribution in [2.24, 2.45) is 0 Å². The zero-order chi connectivity index (χ0) is 19.0. The lowest BCUT2D eigenvalue weighted by atomic mass is 10.0. The molecule has 0 aliphatic carbocycles. The average Bonchev–Trinajstić information content (AvgIpc) is 2.98. The normalized spacial score (nSPS) is 25.6. The zero-order valence-corrected chi connectivity index (χ0v) is 16.5. The van der Waals surface area contributed by atoms with Gasteiger partial charge in [-0.2, -0.15) is 5.26 Å². The molecule has 0 spiro atoms. The first kappa shape index (κ1) is 18.2. The third-order valence-corrected chi connectivity index (χ3v) is 6.03. The van der Waals surface area contributed by atoms with Crippen LogP contribution in [0.15, 0.2) is 30.5 Å². The summed E-state index contributed by atoms with van der Waals surface area (Å²) < 4.78 is 6.30. The molecule has 2 aliphatic rings. The Morgan fingerprint density at radius 2 is 2.15 bits per heavy atom. The van der Waals surface area contributed by atoms with Crippen LogP contribution in [0.4, 0.5) is 5.69 Å². The Hall–Kier alpha value is -2.16. The Morgan fingerprint density at radius 1 is 1.30 bits per heavy atom. The second kappa shape index (κ2) is 7.10. The predicted molar refractivity (Wildman–Crippen MR) is 108 cm³/mol. The maximum absolute atomic E-state index is 9.40. The molecule has 142 valence electrons. The van der Waals surface area contributed by atoms with E-state index in [9.17, 15) is 5.26 Å². The molecule has 0 amide bonds. The number of aromatic nitrogens is 1. The second-order valence-corrected chi connectivity index (χ2v) is 8.48. The Kier molecular flexibility index (Phi) is 4.79. The molecule has 0 bridgehead atoms. The molecule has 3 heterocycles. The van der Waals surface area contributed by atoms with Crippen molar-refractivity contribution < 1.29 is 4.74 Å². The summed E-state index contributed by atoms with van der Waals surface area (Å²) in [6.45, 7) is 10.7. The molecule has 2 fully saturated rings. The number of ether oxygens (including phenoxy) is 1. The maximum Gasteiger partial charge on any atom is 0.101 e. The molecule has 0 N–H and O–H groups in total. The number of nitriles is 1. The highest BCUT2D eigenvalue weighted by molar-refractivity contribution is 5.95. The molecular weight excluding hydrogens is 336 g/mol. The molecule has 0 unspecified atom stereocenters. The fraction of sp³-hybridized carbons (Fsp3) is 0.545. The molecule has 2 aliphatic heterocycles. The maximum atomic E-state index is 9.40. The van der Waals surface area contributed by atoms with E-state index in [-0.39, 0.29) is 17.7 Å². The monoisotopic (exact) mass is 364 g/mol. The molecule has 0 radical (unpaired) electrons. The van der Waals surface area contributed by atoms with Gasteiger partial charge in [0.2, 0.25) is 0 Å². The number of morpholine rings is 1. The van der Waals surface area contributed by atoms with Gasteiger partial charge in [0.25, 0.3) is 0 Å². The predicted octanol–water partition coefficient (Wildman–Crippen LogP) is 3.57. The Labute approximate surface area is 161 Å². The van der Waals surface area contributed by atoms with Crippen molar-refractivity contribution in [1.29, 1.82) is 5.26 Å². The van der Waals surface area contributed by atoms with Crippen molar-refractivity contribution in [3.05, 3.63) is 36.0 Å². The van der Waals surface area contributed by atoms with Gasteiger partial charge in [-0.25, -0.2) is 0 Å². The Morgan fingerprint density at radius 3 is 2.89 bits per heavy atom. The molecule has 2 atom stereocenters. The number of rotatable bonds is 3. The summed E-state index contributed by atoms with van der Waals surface area (Å²) in [5.74, 6) is 0. The standard InChI is InChI=1S/C22H28N4O/c1-16-13-25(14-18(27-16)15-26-11-5-9-22(26,2)3)20-8-7-17(12-23)21-19(20)6-4-10-24-21/h4,6-8,10,16,18H,5,9,11,13-15H2,1-3H3/t16-,18-/m1/s1. The third kappa shape index (κ3) is 3.52. The van der Waals surface area contributed by atoms with Gasteiger partial charge in [-0.05, 0) is 64.4 Å². The lowest BCUT2D eigenvalue weighted by Crippen LogP contribution is -2.53. The van der Waals surface area contributed by atoms with Crippen molar-refractivity contribution >= 4 is 16.6 Å². The fourth-order valence-corrected chi connectivity index (χ4v) is 4.61. The number of fused-ring (bicyclic) bond motifs is 1. The van der Waals surface area contributed by atoms with E-state index in [4.69, 9.17) is 4.74 Å². The van der Waals surface area contributed by atoms with Crippen LogP contribution in [0.3, 0.4) is 0 Å². The van der Waals surface area contributed by atoms with Crippen molar-refractivity contribution in [2.45, 2.75) is 51.4 Å². The largest absolute Gasteiger partial charge is 0.370 e. The van der Waals surface area contributed by atoms with Gasteiger partial charge in [0.05, 0.1) is 23.3 Å². The van der Waals surface area contributed by atoms with E-state index in [0.29, 0.717) is 5.56 Å². The van der Waals surface area contributed by atoms with Crippen molar-refractivity contribution in [3.8, 4) is 6.07 Å². The van der Waals surface area contributed by atoms with Gasteiger partial charge in [0.15, 0.2) is 0 Å². The van der Waals surface area contributed by atoms with Gasteiger partial charge in [-0.3, -0.25) is 9.88 Å². The lowest BCUT2D eigenvalue weighted by Gasteiger charge is -2.42. The van der Waals surface area contributed by atoms with Gasteiger partial charge in [-0.1, -0.05) is 0 Å². The first-order chi connectivity index (χ1) is 13.0. The summed E-state index contributed by atoms with van der Waals surface area (Å²) in [6, 6.07) is 10.2. The third-order valence-electron chi connectivity index (χ3n) is 6.03. The number of pyridine rings is 1.